The van der Waals surface area contributed by atoms with Gasteiger partial charge in [-0.25, -0.2) is 16.8 Å². The van der Waals surface area contributed by atoms with Crippen molar-refractivity contribution < 1.29 is 45.3 Å². The molecule has 6 aromatic heterocycles. The molecule has 0 spiro atoms. The lowest BCUT2D eigenvalue weighted by atomic mass is 10.2. The summed E-state index contributed by atoms with van der Waals surface area (Å²) in [5.74, 6) is 1.90. The second kappa shape index (κ2) is 23.5. The molecule has 0 saturated carbocycles. The summed E-state index contributed by atoms with van der Waals surface area (Å²) in [5, 5.41) is 25.0. The van der Waals surface area contributed by atoms with Crippen LogP contribution in [0.25, 0.3) is 34.4 Å². The third kappa shape index (κ3) is 11.7. The van der Waals surface area contributed by atoms with E-state index in [1.165, 1.54) is 55.1 Å². The Morgan fingerprint density at radius 3 is 1.14 bits per heavy atom. The lowest BCUT2D eigenvalue weighted by Crippen LogP contribution is -2.29. The van der Waals surface area contributed by atoms with Gasteiger partial charge in [0, 0.05) is 53.1 Å². The summed E-state index contributed by atoms with van der Waals surface area (Å²) < 4.78 is 94.7. The third-order valence-corrected chi connectivity index (χ3v) is 16.4. The maximum atomic E-state index is 13.7. The number of pyridine rings is 2. The van der Waals surface area contributed by atoms with Crippen molar-refractivity contribution in [3.8, 4) is 57.4 Å². The van der Waals surface area contributed by atoms with E-state index < -0.39 is 53.9 Å². The Labute approximate surface area is 438 Å². The van der Waals surface area contributed by atoms with E-state index in [0.29, 0.717) is 78.8 Å². The number of halogens is 2. The molecule has 0 aliphatic rings. The molecule has 392 valence electrons. The molecule has 22 nitrogen and oxygen atoms in total. The number of aromatic nitrogens is 12. The van der Waals surface area contributed by atoms with Crippen molar-refractivity contribution in [2.24, 2.45) is 14.1 Å². The molecule has 0 unspecified atom stereocenters. The van der Waals surface area contributed by atoms with Crippen molar-refractivity contribution in [2.75, 3.05) is 42.7 Å². The highest BCUT2D eigenvalue weighted by molar-refractivity contribution is 7.91. The first-order valence-corrected chi connectivity index (χ1v) is 26.6. The monoisotopic (exact) mass is 1090 g/mol. The Morgan fingerprint density at radius 2 is 0.865 bits per heavy atom. The third-order valence-electron chi connectivity index (χ3n) is 11.8. The van der Waals surface area contributed by atoms with Crippen molar-refractivity contribution in [2.45, 2.75) is 48.1 Å². The minimum Gasteiger partial charge on any atom is -0.494 e. The van der Waals surface area contributed by atoms with Crippen molar-refractivity contribution >= 4 is 42.9 Å². The van der Waals surface area contributed by atoms with E-state index in [0.717, 1.165) is 0 Å². The summed E-state index contributed by atoms with van der Waals surface area (Å²) in [5.41, 5.74) is 2.81. The number of nitrogens with zero attached hydrogens (tertiary/aromatic N) is 12. The quantitative estimate of drug-likeness (QED) is 0.0757. The van der Waals surface area contributed by atoms with Gasteiger partial charge in [-0.1, -0.05) is 35.3 Å². The lowest BCUT2D eigenvalue weighted by Gasteiger charge is -2.23. The zero-order valence-corrected chi connectivity index (χ0v) is 45.1. The van der Waals surface area contributed by atoms with Gasteiger partial charge in [0.25, 0.3) is 0 Å². The summed E-state index contributed by atoms with van der Waals surface area (Å²) in [4.78, 5) is 8.50. The molecule has 6 heterocycles. The number of methoxy groups -OCH3 is 6. The molecular formula is C48H54Cl2N12O10S2. The molecule has 26 heteroatoms. The molecule has 0 aliphatic heterocycles. The Morgan fingerprint density at radius 1 is 0.514 bits per heavy atom. The SMILES string of the molecule is COc1cccc(OC)c1-n1c(CS(=O)(=O)[C@@H](C)[C@H](OC)c2ccc(Cl)cn2)nnc1-c1ccn(C)n1.COc1cccc(OC)c1-n1c(CS(=O)(=O)[C@H](C)[C@@H](OC)c2ccc(Cl)cn2)nnc1-c1ccn(C)n1. The standard InChI is InChI=1S/2C24H27ClN6O5S/c2*1-15(23(36-5)17-10-9-16(25)13-26-17)37(32,33)14-21-27-28-24(18-11-12-30(2)29-18)31(21)22-19(34-3)7-6-8-20(22)35-4/h2*6-13,15,23H,14H2,1-5H3/t2*15-,23-/m10/s1. The average Bonchev–Trinajstić information content (AvgIpc) is 4.22. The molecule has 0 radical (unpaired) electrons. The molecule has 2 aromatic carbocycles. The van der Waals surface area contributed by atoms with Crippen LogP contribution in [0.2, 0.25) is 10.0 Å². The van der Waals surface area contributed by atoms with E-state index in [1.54, 1.807) is 132 Å². The van der Waals surface area contributed by atoms with Crippen molar-refractivity contribution in [1.29, 1.82) is 0 Å². The van der Waals surface area contributed by atoms with Crippen LogP contribution in [0.5, 0.6) is 23.0 Å². The van der Waals surface area contributed by atoms with Crippen LogP contribution in [-0.4, -0.2) is 129 Å². The van der Waals surface area contributed by atoms with Gasteiger partial charge in [0.2, 0.25) is 0 Å². The normalized spacial score (nSPS) is 13.4. The molecule has 0 fully saturated rings. The Kier molecular flexibility index (Phi) is 17.4. The van der Waals surface area contributed by atoms with Gasteiger partial charge in [-0.05, 0) is 74.5 Å². The van der Waals surface area contributed by atoms with E-state index in [1.807, 2.05) is 0 Å². The van der Waals surface area contributed by atoms with Crippen LogP contribution in [-0.2, 0) is 54.7 Å². The lowest BCUT2D eigenvalue weighted by molar-refractivity contribution is 0.0986. The van der Waals surface area contributed by atoms with Crippen LogP contribution in [0.1, 0.15) is 49.1 Å². The molecule has 0 N–H and O–H groups in total. The van der Waals surface area contributed by atoms with Crippen molar-refractivity contribution in [3.63, 3.8) is 0 Å². The van der Waals surface area contributed by atoms with E-state index in [2.05, 4.69) is 40.6 Å². The predicted molar refractivity (Wildman–Crippen MR) is 275 cm³/mol. The number of sulfone groups is 2. The molecule has 4 atom stereocenters. The number of benzene rings is 2. The van der Waals surface area contributed by atoms with Gasteiger partial charge in [0.15, 0.2) is 43.0 Å². The van der Waals surface area contributed by atoms with Crippen LogP contribution in [0, 0.1) is 0 Å². The smallest absolute Gasteiger partial charge is 0.189 e. The molecule has 0 amide bonds. The largest absolute Gasteiger partial charge is 0.494 e. The fraction of sp³-hybridized carbons (Fsp3) is 0.333. The first-order chi connectivity index (χ1) is 35.4. The second-order valence-electron chi connectivity index (χ2n) is 16.5. The zero-order chi connectivity index (χ0) is 53.5. The van der Waals surface area contributed by atoms with Gasteiger partial charge in [0.05, 0.1) is 60.4 Å². The summed E-state index contributed by atoms with van der Waals surface area (Å²) in [7, 11) is 4.81. The summed E-state index contributed by atoms with van der Waals surface area (Å²) in [6, 6.07) is 20.6. The van der Waals surface area contributed by atoms with Gasteiger partial charge in [-0.3, -0.25) is 28.5 Å². The molecule has 8 aromatic rings. The van der Waals surface area contributed by atoms with Crippen molar-refractivity contribution in [1.82, 2.24) is 59.1 Å². The first kappa shape index (κ1) is 54.8. The fourth-order valence-electron chi connectivity index (χ4n) is 8.01. The van der Waals surface area contributed by atoms with Gasteiger partial charge in [-0.2, -0.15) is 10.2 Å². The highest BCUT2D eigenvalue weighted by Crippen LogP contribution is 2.39. The maximum Gasteiger partial charge on any atom is 0.189 e. The molecular weight excluding hydrogens is 1040 g/mol. The fourth-order valence-corrected chi connectivity index (χ4v) is 11.1. The number of hydrogen-bond donors (Lipinski definition) is 0. The predicted octanol–water partition coefficient (Wildman–Crippen LogP) is 6.85. The maximum absolute atomic E-state index is 13.7. The summed E-state index contributed by atoms with van der Waals surface area (Å²) in [6.45, 7) is 3.15. The first-order valence-electron chi connectivity index (χ1n) is 22.4. The van der Waals surface area contributed by atoms with Gasteiger partial charge >= 0.3 is 0 Å². The minimum atomic E-state index is -3.84. The van der Waals surface area contributed by atoms with Gasteiger partial charge < -0.3 is 28.4 Å². The average molecular weight is 1090 g/mol. The second-order valence-corrected chi connectivity index (χ2v) is 22.1. The molecule has 0 aliphatic carbocycles. The number of ether oxygens (including phenoxy) is 6. The summed E-state index contributed by atoms with van der Waals surface area (Å²) >= 11 is 11.9. The highest BCUT2D eigenvalue weighted by atomic mass is 35.5. The van der Waals surface area contributed by atoms with E-state index >= 15 is 0 Å². The van der Waals surface area contributed by atoms with Gasteiger partial charge in [-0.15, -0.1) is 20.4 Å². The van der Waals surface area contributed by atoms with Crippen molar-refractivity contribution in [3.05, 3.63) is 131 Å². The Balaban J connectivity index is 0.000000216. The number of para-hydroxylation sites is 2. The molecule has 74 heavy (non-hydrogen) atoms. The topological polar surface area (TPSA) is 246 Å². The van der Waals surface area contributed by atoms with Crippen LogP contribution < -0.4 is 18.9 Å². The van der Waals surface area contributed by atoms with E-state index in [9.17, 15) is 16.8 Å². The van der Waals surface area contributed by atoms with E-state index in [4.69, 9.17) is 51.6 Å². The number of hydrogen-bond acceptors (Lipinski definition) is 18. The minimum absolute atomic E-state index is 0.161. The zero-order valence-electron chi connectivity index (χ0n) is 42.0. The van der Waals surface area contributed by atoms with Gasteiger partial charge in [0.1, 0.15) is 69.5 Å². The molecule has 0 saturated heterocycles. The number of aryl methyl sites for hydroxylation is 2. The Hall–Kier alpha value is -6.96. The number of rotatable bonds is 20. The van der Waals surface area contributed by atoms with Crippen LogP contribution in [0.15, 0.2) is 97.6 Å². The van der Waals surface area contributed by atoms with E-state index in [-0.39, 0.29) is 11.6 Å². The Bertz CT molecular complexity index is 3150. The van der Waals surface area contributed by atoms with Crippen LogP contribution >= 0.6 is 23.2 Å². The highest BCUT2D eigenvalue weighted by Gasteiger charge is 2.37. The van der Waals surface area contributed by atoms with Crippen LogP contribution in [0.4, 0.5) is 0 Å². The molecule has 0 bridgehead atoms. The molecule has 8 rings (SSSR count). The van der Waals surface area contributed by atoms with Crippen LogP contribution in [0.3, 0.4) is 0 Å². The summed E-state index contributed by atoms with van der Waals surface area (Å²) in [6.07, 6.45) is 4.77.